The third-order valence-corrected chi connectivity index (χ3v) is 9.87. The van der Waals surface area contributed by atoms with Crippen LogP contribution in [0.1, 0.15) is 34.5 Å². The molecule has 8 aromatic rings. The van der Waals surface area contributed by atoms with Crippen molar-refractivity contribution in [3.63, 3.8) is 0 Å². The lowest BCUT2D eigenvalue weighted by molar-refractivity contribution is 0.103. The number of anilines is 6. The zero-order valence-electron chi connectivity index (χ0n) is 31.4. The van der Waals surface area contributed by atoms with Gasteiger partial charge in [0.05, 0.1) is 0 Å². The number of ether oxygens (including phenoxy) is 1. The summed E-state index contributed by atoms with van der Waals surface area (Å²) in [5, 5.41) is 10.1. The van der Waals surface area contributed by atoms with Gasteiger partial charge in [0.2, 0.25) is 0 Å². The number of aromatic hydroxyl groups is 1. The van der Waals surface area contributed by atoms with E-state index >= 15 is 0 Å². The highest BCUT2D eigenvalue weighted by molar-refractivity contribution is 6.09. The fourth-order valence-electron chi connectivity index (χ4n) is 6.83. The van der Waals surface area contributed by atoms with E-state index in [1.54, 1.807) is 36.4 Å². The van der Waals surface area contributed by atoms with E-state index in [4.69, 9.17) is 10.5 Å². The summed E-state index contributed by atoms with van der Waals surface area (Å²) < 4.78 is 6.18. The van der Waals surface area contributed by atoms with Gasteiger partial charge in [0.25, 0.3) is 0 Å². The van der Waals surface area contributed by atoms with Gasteiger partial charge in [0.1, 0.15) is 17.2 Å². The minimum atomic E-state index is -0.0870. The number of nitrogens with two attached hydrogens (primary N) is 1. The lowest BCUT2D eigenvalue weighted by Gasteiger charge is -2.26. The zero-order chi connectivity index (χ0) is 39.1. The first-order chi connectivity index (χ1) is 27.9. The maximum Gasteiger partial charge on any atom is 0.193 e. The van der Waals surface area contributed by atoms with Crippen molar-refractivity contribution in [2.75, 3.05) is 9.80 Å². The van der Waals surface area contributed by atoms with Crippen LogP contribution < -0.4 is 20.3 Å². The molecule has 8 rings (SSSR count). The summed E-state index contributed by atoms with van der Waals surface area (Å²) >= 11 is 0. The van der Waals surface area contributed by atoms with Crippen LogP contribution in [-0.4, -0.2) is 10.9 Å². The number of benzene rings is 8. The van der Waals surface area contributed by atoms with Gasteiger partial charge in [-0.05, 0) is 145 Å². The third kappa shape index (κ3) is 8.32. The molecule has 0 bridgehead atoms. The number of phenols is 1. The van der Waals surface area contributed by atoms with Crippen LogP contribution in [0.5, 0.6) is 17.2 Å². The Balaban J connectivity index is 1.000. The number of para-hydroxylation sites is 2. The Kier molecular flexibility index (Phi) is 10.6. The predicted molar refractivity (Wildman–Crippen MR) is 232 cm³/mol. The van der Waals surface area contributed by atoms with Crippen LogP contribution in [-0.2, 0) is 0 Å². The maximum absolute atomic E-state index is 13.1. The van der Waals surface area contributed by atoms with Crippen LogP contribution in [0.15, 0.2) is 206 Å². The fourth-order valence-corrected chi connectivity index (χ4v) is 6.83. The van der Waals surface area contributed by atoms with Crippen molar-refractivity contribution in [2.45, 2.75) is 13.0 Å². The van der Waals surface area contributed by atoms with Crippen molar-refractivity contribution in [3.05, 3.63) is 223 Å². The maximum atomic E-state index is 13.1. The van der Waals surface area contributed by atoms with Gasteiger partial charge in [-0.15, -0.1) is 0 Å². The van der Waals surface area contributed by atoms with Gasteiger partial charge < -0.3 is 25.4 Å². The van der Waals surface area contributed by atoms with E-state index in [-0.39, 0.29) is 17.6 Å². The first kappa shape index (κ1) is 36.6. The van der Waals surface area contributed by atoms with E-state index in [1.165, 1.54) is 0 Å². The first-order valence-electron chi connectivity index (χ1n) is 18.9. The summed E-state index contributed by atoms with van der Waals surface area (Å²) in [6.07, 6.45) is 0. The second-order valence-electron chi connectivity index (χ2n) is 13.8. The molecule has 0 saturated carbocycles. The number of rotatable bonds is 12. The Morgan fingerprint density at radius 2 is 0.789 bits per heavy atom. The summed E-state index contributed by atoms with van der Waals surface area (Å²) in [6.45, 7) is 1.92. The number of phenolic OH excluding ortho intramolecular Hbond substituents is 1. The highest BCUT2D eigenvalue weighted by atomic mass is 16.5. The van der Waals surface area contributed by atoms with Gasteiger partial charge in [-0.3, -0.25) is 4.79 Å². The van der Waals surface area contributed by atoms with Crippen LogP contribution >= 0.6 is 0 Å². The molecule has 278 valence electrons. The van der Waals surface area contributed by atoms with Crippen LogP contribution in [0.2, 0.25) is 0 Å². The SMILES string of the molecule is CC(N)c1ccc(C(=O)c2ccc(Oc3ccc(N(c4ccc(O)cc4)c4ccc(-c5ccc(N(c6ccccc6)c6ccccc6)cc5)cc4)cc3)cc2)cc1. The van der Waals surface area contributed by atoms with E-state index in [9.17, 15) is 9.90 Å². The molecule has 0 aliphatic heterocycles. The molecule has 0 heterocycles. The molecule has 0 aliphatic rings. The highest BCUT2D eigenvalue weighted by Crippen LogP contribution is 2.39. The normalized spacial score (nSPS) is 11.4. The average Bonchev–Trinajstić information content (AvgIpc) is 3.26. The van der Waals surface area contributed by atoms with Crippen molar-refractivity contribution in [1.82, 2.24) is 0 Å². The van der Waals surface area contributed by atoms with E-state index < -0.39 is 0 Å². The monoisotopic (exact) mass is 743 g/mol. The molecule has 0 saturated heterocycles. The topological polar surface area (TPSA) is 79.0 Å². The molecule has 0 fully saturated rings. The molecule has 0 aliphatic carbocycles. The van der Waals surface area contributed by atoms with Crippen molar-refractivity contribution < 1.29 is 14.6 Å². The van der Waals surface area contributed by atoms with Gasteiger partial charge in [-0.1, -0.05) is 84.9 Å². The molecule has 8 aromatic carbocycles. The molecular weight excluding hydrogens is 703 g/mol. The molecule has 0 radical (unpaired) electrons. The van der Waals surface area contributed by atoms with Gasteiger partial charge in [0, 0.05) is 51.3 Å². The summed E-state index contributed by atoms with van der Waals surface area (Å²) in [7, 11) is 0. The Hall–Kier alpha value is -7.41. The quantitative estimate of drug-likeness (QED) is 0.121. The number of hydrogen-bond donors (Lipinski definition) is 2. The van der Waals surface area contributed by atoms with Gasteiger partial charge >= 0.3 is 0 Å². The van der Waals surface area contributed by atoms with Crippen LogP contribution in [0.3, 0.4) is 0 Å². The van der Waals surface area contributed by atoms with E-state index in [2.05, 4.69) is 107 Å². The molecule has 1 atom stereocenters. The Morgan fingerprint density at radius 3 is 1.19 bits per heavy atom. The minimum absolute atomic E-state index is 0.0589. The Labute approximate surface area is 333 Å². The summed E-state index contributed by atoms with van der Waals surface area (Å²) in [5.74, 6) is 1.42. The molecule has 0 aromatic heterocycles. The summed E-state index contributed by atoms with van der Waals surface area (Å²) in [6, 6.07) is 67.4. The molecule has 6 heteroatoms. The lowest BCUT2D eigenvalue weighted by atomic mass is 10.0. The molecular formula is C51H41N3O3. The Bertz CT molecular complexity index is 2500. The molecule has 1 unspecified atom stereocenters. The van der Waals surface area contributed by atoms with Gasteiger partial charge in [-0.2, -0.15) is 0 Å². The predicted octanol–water partition coefficient (Wildman–Crippen LogP) is 13.0. The van der Waals surface area contributed by atoms with Crippen LogP contribution in [0.25, 0.3) is 11.1 Å². The number of carbonyl (C=O) groups is 1. The highest BCUT2D eigenvalue weighted by Gasteiger charge is 2.16. The molecule has 3 N–H and O–H groups in total. The first-order valence-corrected chi connectivity index (χ1v) is 18.9. The van der Waals surface area contributed by atoms with Crippen LogP contribution in [0.4, 0.5) is 34.1 Å². The Morgan fingerprint density at radius 1 is 0.456 bits per heavy atom. The van der Waals surface area contributed by atoms with E-state index in [1.807, 2.05) is 79.7 Å². The zero-order valence-corrected chi connectivity index (χ0v) is 31.4. The molecule has 0 amide bonds. The minimum Gasteiger partial charge on any atom is -0.508 e. The van der Waals surface area contributed by atoms with Crippen molar-refractivity contribution >= 4 is 39.9 Å². The summed E-state index contributed by atoms with van der Waals surface area (Å²) in [5.41, 5.74) is 16.4. The van der Waals surface area contributed by atoms with Gasteiger partial charge in [0.15, 0.2) is 5.78 Å². The summed E-state index contributed by atoms with van der Waals surface area (Å²) in [4.78, 5) is 17.5. The van der Waals surface area contributed by atoms with Crippen molar-refractivity contribution in [2.24, 2.45) is 5.73 Å². The van der Waals surface area contributed by atoms with Crippen molar-refractivity contribution in [3.8, 4) is 28.4 Å². The van der Waals surface area contributed by atoms with E-state index in [0.717, 1.165) is 50.8 Å². The van der Waals surface area contributed by atoms with Gasteiger partial charge in [-0.25, -0.2) is 0 Å². The second-order valence-corrected chi connectivity index (χ2v) is 13.8. The number of carbonyl (C=O) groups excluding carboxylic acids is 1. The third-order valence-electron chi connectivity index (χ3n) is 9.87. The molecule has 57 heavy (non-hydrogen) atoms. The number of hydrogen-bond acceptors (Lipinski definition) is 6. The standard InChI is InChI=1S/C51H41N3O3/c1-36(52)37-12-14-40(15-13-37)51(56)41-20-32-49(33-21-41)57-50-34-28-47(29-35-50)54(46-26-30-48(55)31-27-46)45-24-18-39(19-25-45)38-16-22-44(23-17-38)53(42-8-4-2-5-9-42)43-10-6-3-7-11-43/h2-36,55H,52H2,1H3. The number of nitrogens with zero attached hydrogens (tertiary/aromatic N) is 2. The molecule has 0 spiro atoms. The van der Waals surface area contributed by atoms with Crippen molar-refractivity contribution in [1.29, 1.82) is 0 Å². The van der Waals surface area contributed by atoms with E-state index in [0.29, 0.717) is 22.6 Å². The lowest BCUT2D eigenvalue weighted by Crippen LogP contribution is -2.10. The number of ketones is 1. The largest absolute Gasteiger partial charge is 0.508 e. The smallest absolute Gasteiger partial charge is 0.193 e. The fraction of sp³-hybridized carbons (Fsp3) is 0.0392. The van der Waals surface area contributed by atoms with Crippen LogP contribution in [0, 0.1) is 0 Å². The second kappa shape index (κ2) is 16.5. The molecule has 6 nitrogen and oxygen atoms in total. The average molecular weight is 744 g/mol.